The molecule has 2 heterocycles. The van der Waals surface area contributed by atoms with Crippen molar-refractivity contribution in [3.63, 3.8) is 0 Å². The van der Waals surface area contributed by atoms with Crippen molar-refractivity contribution in [1.82, 2.24) is 14.4 Å². The number of nitrogens with zero attached hydrogens (tertiary/aromatic N) is 3. The van der Waals surface area contributed by atoms with E-state index in [0.29, 0.717) is 12.5 Å². The van der Waals surface area contributed by atoms with Crippen molar-refractivity contribution in [2.75, 3.05) is 6.61 Å². The van der Waals surface area contributed by atoms with Crippen LogP contribution >= 0.6 is 0 Å². The van der Waals surface area contributed by atoms with E-state index in [1.807, 2.05) is 16.8 Å². The van der Waals surface area contributed by atoms with Crippen molar-refractivity contribution in [3.8, 4) is 5.88 Å². The summed E-state index contributed by atoms with van der Waals surface area (Å²) in [4.78, 5) is 8.26. The van der Waals surface area contributed by atoms with E-state index in [9.17, 15) is 0 Å². The van der Waals surface area contributed by atoms with E-state index >= 15 is 0 Å². The van der Waals surface area contributed by atoms with Crippen molar-refractivity contribution < 1.29 is 4.74 Å². The van der Waals surface area contributed by atoms with E-state index in [0.717, 1.165) is 12.1 Å². The van der Waals surface area contributed by atoms with Crippen molar-refractivity contribution >= 4 is 5.65 Å². The summed E-state index contributed by atoms with van der Waals surface area (Å²) in [5, 5.41) is 0. The summed E-state index contributed by atoms with van der Waals surface area (Å²) >= 11 is 0. The molecule has 0 aromatic carbocycles. The summed E-state index contributed by atoms with van der Waals surface area (Å²) in [5.41, 5.74) is 0.774. The molecule has 0 unspecified atom stereocenters. The van der Waals surface area contributed by atoms with Crippen molar-refractivity contribution in [3.05, 3.63) is 24.8 Å². The van der Waals surface area contributed by atoms with E-state index in [-0.39, 0.29) is 0 Å². The van der Waals surface area contributed by atoms with Crippen LogP contribution in [0.1, 0.15) is 13.3 Å². The van der Waals surface area contributed by atoms with E-state index < -0.39 is 0 Å². The van der Waals surface area contributed by atoms with Crippen LogP contribution in [0.15, 0.2) is 24.8 Å². The molecule has 0 N–H and O–H groups in total. The van der Waals surface area contributed by atoms with Gasteiger partial charge in [0.1, 0.15) is 0 Å². The third-order valence-electron chi connectivity index (χ3n) is 1.72. The zero-order chi connectivity index (χ0) is 9.10. The van der Waals surface area contributed by atoms with Gasteiger partial charge in [0.2, 0.25) is 0 Å². The van der Waals surface area contributed by atoms with Crippen LogP contribution in [-0.2, 0) is 0 Å². The first-order valence-electron chi connectivity index (χ1n) is 4.32. The van der Waals surface area contributed by atoms with Gasteiger partial charge in [0.05, 0.1) is 6.61 Å². The Bertz CT molecular complexity index is 396. The molecule has 0 fully saturated rings. The monoisotopic (exact) mass is 177 g/mol. The van der Waals surface area contributed by atoms with E-state index in [4.69, 9.17) is 4.74 Å². The minimum Gasteiger partial charge on any atom is -0.475 e. The number of ether oxygens (including phenoxy) is 1. The van der Waals surface area contributed by atoms with E-state index in [1.54, 1.807) is 12.4 Å². The Hall–Kier alpha value is -1.58. The molecule has 0 saturated heterocycles. The minimum atomic E-state index is 0.606. The Morgan fingerprint density at radius 1 is 1.31 bits per heavy atom. The maximum absolute atomic E-state index is 5.43. The first-order chi connectivity index (χ1) is 6.42. The lowest BCUT2D eigenvalue weighted by atomic mass is 10.5. The molecule has 0 aliphatic carbocycles. The highest BCUT2D eigenvalue weighted by molar-refractivity contribution is 5.48. The highest BCUT2D eigenvalue weighted by Gasteiger charge is 2.02. The molecule has 4 heteroatoms. The van der Waals surface area contributed by atoms with Gasteiger partial charge >= 0.3 is 0 Å². The summed E-state index contributed by atoms with van der Waals surface area (Å²) in [7, 11) is 0. The zero-order valence-electron chi connectivity index (χ0n) is 7.47. The maximum atomic E-state index is 5.43. The van der Waals surface area contributed by atoms with Gasteiger partial charge in [0.25, 0.3) is 5.88 Å². The first kappa shape index (κ1) is 8.04. The second-order valence-electron chi connectivity index (χ2n) is 2.74. The Morgan fingerprint density at radius 2 is 2.08 bits per heavy atom. The summed E-state index contributed by atoms with van der Waals surface area (Å²) in [6.45, 7) is 2.74. The van der Waals surface area contributed by atoms with Crippen LogP contribution in [0.5, 0.6) is 5.88 Å². The highest BCUT2D eigenvalue weighted by atomic mass is 16.5. The third-order valence-corrected chi connectivity index (χ3v) is 1.72. The molecule has 2 aromatic rings. The van der Waals surface area contributed by atoms with Gasteiger partial charge in [0, 0.05) is 24.8 Å². The molecule has 0 aliphatic heterocycles. The maximum Gasteiger partial charge on any atom is 0.258 e. The van der Waals surface area contributed by atoms with Crippen LogP contribution in [-0.4, -0.2) is 21.0 Å². The molecule has 2 aromatic heterocycles. The molecule has 0 aliphatic rings. The molecular formula is C9H11N3O. The molecule has 0 radical (unpaired) electrons. The number of hydrogen-bond donors (Lipinski definition) is 0. The van der Waals surface area contributed by atoms with E-state index in [1.165, 1.54) is 0 Å². The Kier molecular flexibility index (Phi) is 2.12. The molecule has 13 heavy (non-hydrogen) atoms. The lowest BCUT2D eigenvalue weighted by Gasteiger charge is -2.03. The van der Waals surface area contributed by atoms with Gasteiger partial charge in [-0.15, -0.1) is 0 Å². The molecule has 0 spiro atoms. The van der Waals surface area contributed by atoms with Gasteiger partial charge in [-0.25, -0.2) is 9.97 Å². The Morgan fingerprint density at radius 3 is 2.85 bits per heavy atom. The molecule has 0 amide bonds. The Balaban J connectivity index is 2.37. The number of fused-ring (bicyclic) bond motifs is 1. The number of aromatic nitrogens is 3. The molecule has 0 saturated carbocycles. The molecule has 0 bridgehead atoms. The summed E-state index contributed by atoms with van der Waals surface area (Å²) in [6.07, 6.45) is 8.13. The number of rotatable bonds is 3. The SMILES string of the molecule is CCCOc1nccn2ccnc12. The second kappa shape index (κ2) is 3.43. The zero-order valence-corrected chi connectivity index (χ0v) is 7.47. The molecule has 2 rings (SSSR count). The molecule has 4 nitrogen and oxygen atoms in total. The van der Waals surface area contributed by atoms with Gasteiger partial charge in [-0.1, -0.05) is 6.92 Å². The van der Waals surface area contributed by atoms with Crippen LogP contribution < -0.4 is 4.74 Å². The number of imidazole rings is 1. The van der Waals surface area contributed by atoms with Crippen LogP contribution in [0, 0.1) is 0 Å². The van der Waals surface area contributed by atoms with Gasteiger partial charge < -0.3 is 9.14 Å². The standard InChI is InChI=1S/C9H11N3O/c1-2-7-13-9-8-10-3-5-12(8)6-4-11-9/h3-6H,2,7H2,1H3. The van der Waals surface area contributed by atoms with Crippen LogP contribution in [0.3, 0.4) is 0 Å². The lowest BCUT2D eigenvalue weighted by molar-refractivity contribution is 0.307. The summed E-state index contributed by atoms with van der Waals surface area (Å²) < 4.78 is 7.32. The smallest absolute Gasteiger partial charge is 0.258 e. The van der Waals surface area contributed by atoms with Gasteiger partial charge in [-0.2, -0.15) is 0 Å². The average Bonchev–Trinajstić information content (AvgIpc) is 2.62. The summed E-state index contributed by atoms with van der Waals surface area (Å²) in [5.74, 6) is 0.606. The predicted molar refractivity (Wildman–Crippen MR) is 48.8 cm³/mol. The fraction of sp³-hybridized carbons (Fsp3) is 0.333. The first-order valence-corrected chi connectivity index (χ1v) is 4.32. The minimum absolute atomic E-state index is 0.606. The predicted octanol–water partition coefficient (Wildman–Crippen LogP) is 1.52. The van der Waals surface area contributed by atoms with Gasteiger partial charge in [0.15, 0.2) is 5.65 Å². The van der Waals surface area contributed by atoms with Crippen LogP contribution in [0.4, 0.5) is 0 Å². The quantitative estimate of drug-likeness (QED) is 0.713. The van der Waals surface area contributed by atoms with Gasteiger partial charge in [-0.05, 0) is 6.42 Å². The van der Waals surface area contributed by atoms with Crippen molar-refractivity contribution in [2.45, 2.75) is 13.3 Å². The Labute approximate surface area is 76.2 Å². The summed E-state index contributed by atoms with van der Waals surface area (Å²) in [6, 6.07) is 0. The molecule has 0 atom stereocenters. The largest absolute Gasteiger partial charge is 0.475 e. The van der Waals surface area contributed by atoms with Crippen LogP contribution in [0.2, 0.25) is 0 Å². The second-order valence-corrected chi connectivity index (χ2v) is 2.74. The van der Waals surface area contributed by atoms with E-state index in [2.05, 4.69) is 16.9 Å². The number of hydrogen-bond acceptors (Lipinski definition) is 3. The topological polar surface area (TPSA) is 39.4 Å². The van der Waals surface area contributed by atoms with Crippen molar-refractivity contribution in [1.29, 1.82) is 0 Å². The third kappa shape index (κ3) is 1.47. The molecular weight excluding hydrogens is 166 g/mol. The van der Waals surface area contributed by atoms with Crippen molar-refractivity contribution in [2.24, 2.45) is 0 Å². The highest BCUT2D eigenvalue weighted by Crippen LogP contribution is 2.13. The molecule has 68 valence electrons. The van der Waals surface area contributed by atoms with Gasteiger partial charge in [-0.3, -0.25) is 0 Å². The fourth-order valence-corrected chi connectivity index (χ4v) is 1.13. The fourth-order valence-electron chi connectivity index (χ4n) is 1.13. The average molecular weight is 177 g/mol. The normalized spacial score (nSPS) is 10.5. The lowest BCUT2D eigenvalue weighted by Crippen LogP contribution is -1.99. The van der Waals surface area contributed by atoms with Crippen LogP contribution in [0.25, 0.3) is 5.65 Å².